The Morgan fingerprint density at radius 3 is 2.71 bits per heavy atom. The van der Waals surface area contributed by atoms with Crippen LogP contribution in [0.25, 0.3) is 10.9 Å². The lowest BCUT2D eigenvalue weighted by Crippen LogP contribution is -2.21. The summed E-state index contributed by atoms with van der Waals surface area (Å²) in [5, 5.41) is 10.1. The fourth-order valence-corrected chi connectivity index (χ4v) is 3.27. The summed E-state index contributed by atoms with van der Waals surface area (Å²) in [6.45, 7) is 8.19. The van der Waals surface area contributed by atoms with Crippen LogP contribution in [-0.4, -0.2) is 30.4 Å². The van der Waals surface area contributed by atoms with Crippen LogP contribution in [0, 0.1) is 0 Å². The summed E-state index contributed by atoms with van der Waals surface area (Å²) in [5.41, 5.74) is 1.66. The van der Waals surface area contributed by atoms with Gasteiger partial charge in [0, 0.05) is 30.7 Å². The quantitative estimate of drug-likeness (QED) is 0.608. The van der Waals surface area contributed by atoms with Crippen molar-refractivity contribution in [3.63, 3.8) is 0 Å². The molecule has 0 fully saturated rings. The maximum atomic E-state index is 11.2. The molecule has 0 spiro atoms. The van der Waals surface area contributed by atoms with Gasteiger partial charge in [0.25, 0.3) is 0 Å². The fraction of sp³-hybridized carbons (Fsp3) is 0.400. The van der Waals surface area contributed by atoms with Crippen molar-refractivity contribution in [2.75, 3.05) is 6.61 Å². The second kappa shape index (κ2) is 6.33. The topological polar surface area (TPSA) is 51.5 Å². The Labute approximate surface area is 133 Å². The molecule has 0 atom stereocenters. The summed E-state index contributed by atoms with van der Waals surface area (Å²) in [6.07, 6.45) is 0.591. The third-order valence-corrected chi connectivity index (χ3v) is 5.76. The van der Waals surface area contributed by atoms with Gasteiger partial charge in [-0.25, -0.2) is 4.79 Å². The molecule has 0 aliphatic rings. The van der Waals surface area contributed by atoms with Crippen LogP contribution in [0.5, 0.6) is 0 Å². The van der Waals surface area contributed by atoms with Gasteiger partial charge in [0.15, 0.2) is 0 Å². The van der Waals surface area contributed by atoms with Crippen molar-refractivity contribution in [3.8, 4) is 0 Å². The summed E-state index contributed by atoms with van der Waals surface area (Å²) in [7, 11) is -1.08. The van der Waals surface area contributed by atoms with Crippen molar-refractivity contribution in [2.24, 2.45) is 0 Å². The number of hydrogen-bond donors (Lipinski definition) is 1. The Morgan fingerprint density at radius 1 is 1.38 bits per heavy atom. The van der Waals surface area contributed by atoms with Crippen LogP contribution in [0.4, 0.5) is 4.79 Å². The van der Waals surface area contributed by atoms with Crippen molar-refractivity contribution in [1.29, 1.82) is 0 Å². The smallest absolute Gasteiger partial charge is 0.415 e. The number of benzene rings is 1. The highest BCUT2D eigenvalue weighted by Gasteiger charge is 2.13. The van der Waals surface area contributed by atoms with E-state index in [1.165, 1.54) is 4.57 Å². The maximum Gasteiger partial charge on any atom is 0.415 e. The highest BCUT2D eigenvalue weighted by atomic mass is 79.9. The lowest BCUT2D eigenvalue weighted by atomic mass is 10.2. The minimum absolute atomic E-state index is 0.492. The van der Waals surface area contributed by atoms with Gasteiger partial charge in [-0.05, 0) is 29.8 Å². The van der Waals surface area contributed by atoms with E-state index >= 15 is 0 Å². The van der Waals surface area contributed by atoms with E-state index in [-0.39, 0.29) is 0 Å². The third kappa shape index (κ3) is 4.18. The first kappa shape index (κ1) is 16.3. The van der Waals surface area contributed by atoms with Gasteiger partial charge in [0.2, 0.25) is 0 Å². The molecule has 0 amide bonds. The molecule has 2 aromatic rings. The first-order valence-electron chi connectivity index (χ1n) is 6.88. The van der Waals surface area contributed by atoms with Gasteiger partial charge in [-0.15, -0.1) is 0 Å². The van der Waals surface area contributed by atoms with Gasteiger partial charge in [-0.3, -0.25) is 4.57 Å². The first-order valence-corrected chi connectivity index (χ1v) is 11.4. The molecule has 1 heterocycles. The van der Waals surface area contributed by atoms with Gasteiger partial charge in [0.05, 0.1) is 12.1 Å². The van der Waals surface area contributed by atoms with Crippen LogP contribution in [0.1, 0.15) is 5.56 Å². The standard InChI is InChI=1S/C15H20BrNO3Si/c1-21(2,3)7-6-20-10-12-9-14-11(8-13(12)16)4-5-17(14)15(18)19/h4-5,8-9H,6-7,10H2,1-3H3,(H,18,19). The van der Waals surface area contributed by atoms with E-state index in [0.29, 0.717) is 12.1 Å². The number of rotatable bonds is 5. The van der Waals surface area contributed by atoms with Crippen LogP contribution in [0.2, 0.25) is 25.7 Å². The molecule has 0 aliphatic heterocycles. The third-order valence-electron chi connectivity index (χ3n) is 3.32. The Bertz CT molecular complexity index is 661. The molecular formula is C15H20BrNO3Si. The molecule has 1 aromatic heterocycles. The molecule has 1 aromatic carbocycles. The Kier molecular flexibility index (Phi) is 4.90. The fourth-order valence-electron chi connectivity index (χ4n) is 2.04. The average molecular weight is 370 g/mol. The number of fused-ring (bicyclic) bond motifs is 1. The number of nitrogens with zero attached hydrogens (tertiary/aromatic N) is 1. The second-order valence-electron chi connectivity index (χ2n) is 6.33. The number of carboxylic acid groups (broad SMARTS) is 1. The molecule has 21 heavy (non-hydrogen) atoms. The summed E-state index contributed by atoms with van der Waals surface area (Å²) in [5.74, 6) is 0. The van der Waals surface area contributed by atoms with Gasteiger partial charge in [0.1, 0.15) is 0 Å². The number of carbonyl (C=O) groups is 1. The Balaban J connectivity index is 2.14. The van der Waals surface area contributed by atoms with Crippen molar-refractivity contribution in [1.82, 2.24) is 4.57 Å². The average Bonchev–Trinajstić information content (AvgIpc) is 2.76. The zero-order chi connectivity index (χ0) is 15.6. The van der Waals surface area contributed by atoms with Gasteiger partial charge in [-0.2, -0.15) is 0 Å². The molecule has 0 bridgehead atoms. The van der Waals surface area contributed by atoms with Crippen LogP contribution in [-0.2, 0) is 11.3 Å². The van der Waals surface area contributed by atoms with Crippen molar-refractivity contribution < 1.29 is 14.6 Å². The molecule has 0 saturated carbocycles. The summed E-state index contributed by atoms with van der Waals surface area (Å²) >= 11 is 3.53. The van der Waals surface area contributed by atoms with E-state index in [9.17, 15) is 4.79 Å². The number of halogens is 1. The lowest BCUT2D eigenvalue weighted by molar-refractivity contribution is 0.133. The van der Waals surface area contributed by atoms with Crippen molar-refractivity contribution in [2.45, 2.75) is 32.3 Å². The molecule has 114 valence electrons. The van der Waals surface area contributed by atoms with Crippen LogP contribution < -0.4 is 0 Å². The zero-order valence-electron chi connectivity index (χ0n) is 12.5. The van der Waals surface area contributed by atoms with Crippen molar-refractivity contribution in [3.05, 3.63) is 34.4 Å². The normalized spacial score (nSPS) is 12.0. The first-order chi connectivity index (χ1) is 9.78. The molecule has 1 N–H and O–H groups in total. The molecule has 6 heteroatoms. The molecule has 0 unspecified atom stereocenters. The molecular weight excluding hydrogens is 350 g/mol. The number of hydrogen-bond acceptors (Lipinski definition) is 2. The summed E-state index contributed by atoms with van der Waals surface area (Å²) in [6, 6.07) is 6.73. The number of aromatic nitrogens is 1. The predicted octanol–water partition coefficient (Wildman–Crippen LogP) is 4.78. The minimum Gasteiger partial charge on any atom is -0.464 e. The van der Waals surface area contributed by atoms with Gasteiger partial charge < -0.3 is 9.84 Å². The molecule has 0 saturated heterocycles. The molecule has 2 rings (SSSR count). The summed E-state index contributed by atoms with van der Waals surface area (Å²) in [4.78, 5) is 11.2. The minimum atomic E-state index is -1.08. The van der Waals surface area contributed by atoms with E-state index in [2.05, 4.69) is 35.6 Å². The second-order valence-corrected chi connectivity index (χ2v) is 12.8. The predicted molar refractivity (Wildman–Crippen MR) is 90.9 cm³/mol. The SMILES string of the molecule is C[Si](C)(C)CCOCc1cc2c(ccn2C(=O)O)cc1Br. The highest BCUT2D eigenvalue weighted by Crippen LogP contribution is 2.26. The Morgan fingerprint density at radius 2 is 2.10 bits per heavy atom. The van der Waals surface area contributed by atoms with Crippen LogP contribution in [0.3, 0.4) is 0 Å². The van der Waals surface area contributed by atoms with Gasteiger partial charge >= 0.3 is 6.09 Å². The maximum absolute atomic E-state index is 11.2. The number of ether oxygens (including phenoxy) is 1. The van der Waals surface area contributed by atoms with E-state index in [0.717, 1.165) is 28.1 Å². The van der Waals surface area contributed by atoms with Crippen molar-refractivity contribution >= 4 is 41.0 Å². The Hall–Kier alpha value is -1.11. The monoisotopic (exact) mass is 369 g/mol. The molecule has 4 nitrogen and oxygen atoms in total. The molecule has 0 radical (unpaired) electrons. The summed E-state index contributed by atoms with van der Waals surface area (Å²) < 4.78 is 7.93. The van der Waals surface area contributed by atoms with Gasteiger partial charge in [-0.1, -0.05) is 35.6 Å². The lowest BCUT2D eigenvalue weighted by Gasteiger charge is -2.15. The zero-order valence-corrected chi connectivity index (χ0v) is 15.1. The van der Waals surface area contributed by atoms with Crippen LogP contribution >= 0.6 is 15.9 Å². The van der Waals surface area contributed by atoms with Crippen LogP contribution in [0.15, 0.2) is 28.9 Å². The van der Waals surface area contributed by atoms with E-state index in [1.54, 1.807) is 12.3 Å². The van der Waals surface area contributed by atoms with E-state index in [1.807, 2.05) is 12.1 Å². The van der Waals surface area contributed by atoms with E-state index < -0.39 is 14.2 Å². The molecule has 0 aliphatic carbocycles. The highest BCUT2D eigenvalue weighted by molar-refractivity contribution is 9.10. The van der Waals surface area contributed by atoms with E-state index in [4.69, 9.17) is 9.84 Å². The largest absolute Gasteiger partial charge is 0.464 e.